The number of benzene rings is 1. The van der Waals surface area contributed by atoms with Gasteiger partial charge >= 0.3 is 0 Å². The Balaban J connectivity index is 1.98. The molecule has 0 aliphatic rings. The molecule has 0 fully saturated rings. The summed E-state index contributed by atoms with van der Waals surface area (Å²) in [5.41, 5.74) is 0.481. The number of hydrogen-bond donors (Lipinski definition) is 1. The molecule has 17 heavy (non-hydrogen) atoms. The number of nitrogens with one attached hydrogen (secondary N) is 1. The predicted octanol–water partition coefficient (Wildman–Crippen LogP) is 3.88. The second kappa shape index (κ2) is 5.38. The Morgan fingerprint density at radius 1 is 1.29 bits per heavy atom. The van der Waals surface area contributed by atoms with E-state index in [0.29, 0.717) is 12.1 Å². The van der Waals surface area contributed by atoms with Crippen molar-refractivity contribution in [1.82, 2.24) is 5.32 Å². The van der Waals surface area contributed by atoms with Gasteiger partial charge in [-0.05, 0) is 24.4 Å². The van der Waals surface area contributed by atoms with Gasteiger partial charge in [-0.1, -0.05) is 12.1 Å². The van der Waals surface area contributed by atoms with Crippen LogP contribution >= 0.6 is 11.3 Å². The molecular formula is C13H13F2NS. The van der Waals surface area contributed by atoms with Crippen molar-refractivity contribution < 1.29 is 8.78 Å². The van der Waals surface area contributed by atoms with E-state index < -0.39 is 11.6 Å². The molecule has 1 atom stereocenters. The van der Waals surface area contributed by atoms with Crippen molar-refractivity contribution in [2.45, 2.75) is 19.5 Å². The zero-order valence-corrected chi connectivity index (χ0v) is 10.2. The van der Waals surface area contributed by atoms with Crippen LogP contribution in [0, 0.1) is 11.6 Å². The minimum absolute atomic E-state index is 0.166. The van der Waals surface area contributed by atoms with Gasteiger partial charge in [-0.25, -0.2) is 8.78 Å². The smallest absolute Gasteiger partial charge is 0.130 e. The summed E-state index contributed by atoms with van der Waals surface area (Å²) in [4.78, 5) is 1.20. The van der Waals surface area contributed by atoms with Crippen LogP contribution in [-0.4, -0.2) is 0 Å². The summed E-state index contributed by atoms with van der Waals surface area (Å²) in [5, 5.41) is 5.22. The lowest BCUT2D eigenvalue weighted by molar-refractivity contribution is 0.537. The summed E-state index contributed by atoms with van der Waals surface area (Å²) < 4.78 is 26.1. The lowest BCUT2D eigenvalue weighted by Gasteiger charge is -2.12. The average Bonchev–Trinajstić information content (AvgIpc) is 2.81. The maximum Gasteiger partial charge on any atom is 0.130 e. The molecule has 0 amide bonds. The van der Waals surface area contributed by atoms with Gasteiger partial charge < -0.3 is 5.32 Å². The highest BCUT2D eigenvalue weighted by Crippen LogP contribution is 2.19. The largest absolute Gasteiger partial charge is 0.305 e. The number of thiophene rings is 1. The third-order valence-electron chi connectivity index (χ3n) is 2.58. The molecule has 0 unspecified atom stereocenters. The molecular weight excluding hydrogens is 240 g/mol. The fraction of sp³-hybridized carbons (Fsp3) is 0.231. The van der Waals surface area contributed by atoms with Crippen LogP contribution in [0.5, 0.6) is 0 Å². The first-order chi connectivity index (χ1) is 8.16. The van der Waals surface area contributed by atoms with Gasteiger partial charge in [-0.3, -0.25) is 0 Å². The predicted molar refractivity (Wildman–Crippen MR) is 65.9 cm³/mol. The first-order valence-corrected chi connectivity index (χ1v) is 6.25. The number of rotatable bonds is 4. The van der Waals surface area contributed by atoms with E-state index in [1.54, 1.807) is 11.3 Å². The lowest BCUT2D eigenvalue weighted by atomic mass is 10.2. The van der Waals surface area contributed by atoms with E-state index in [1.807, 2.05) is 24.4 Å². The van der Waals surface area contributed by atoms with E-state index in [0.717, 1.165) is 6.07 Å². The molecule has 1 nitrogen and oxygen atoms in total. The van der Waals surface area contributed by atoms with Crippen LogP contribution in [0.3, 0.4) is 0 Å². The van der Waals surface area contributed by atoms with E-state index in [1.165, 1.54) is 17.0 Å². The zero-order chi connectivity index (χ0) is 12.3. The normalized spacial score (nSPS) is 12.6. The van der Waals surface area contributed by atoms with Crippen molar-refractivity contribution in [3.8, 4) is 0 Å². The molecule has 90 valence electrons. The van der Waals surface area contributed by atoms with Gasteiger partial charge in [0.2, 0.25) is 0 Å². The number of hydrogen-bond acceptors (Lipinski definition) is 2. The summed E-state index contributed by atoms with van der Waals surface area (Å²) in [5.74, 6) is -1.05. The van der Waals surface area contributed by atoms with Crippen molar-refractivity contribution in [3.63, 3.8) is 0 Å². The minimum atomic E-state index is -0.544. The van der Waals surface area contributed by atoms with Crippen LogP contribution in [-0.2, 0) is 6.54 Å². The standard InChI is InChI=1S/C13H13F2NS/c1-9(13-3-2-6-17-13)16-8-10-4-5-11(14)7-12(10)15/h2-7,9,16H,8H2,1H3/t9-/m0/s1. The topological polar surface area (TPSA) is 12.0 Å². The van der Waals surface area contributed by atoms with Crippen molar-refractivity contribution in [2.75, 3.05) is 0 Å². The second-order valence-corrected chi connectivity index (χ2v) is 4.83. The van der Waals surface area contributed by atoms with Crippen LogP contribution in [0.25, 0.3) is 0 Å². The highest BCUT2D eigenvalue weighted by molar-refractivity contribution is 7.10. The monoisotopic (exact) mass is 253 g/mol. The van der Waals surface area contributed by atoms with E-state index in [2.05, 4.69) is 5.32 Å². The lowest BCUT2D eigenvalue weighted by Crippen LogP contribution is -2.17. The molecule has 1 heterocycles. The van der Waals surface area contributed by atoms with Crippen molar-refractivity contribution >= 4 is 11.3 Å². The second-order valence-electron chi connectivity index (χ2n) is 3.85. The summed E-state index contributed by atoms with van der Waals surface area (Å²) in [6.45, 7) is 2.42. The molecule has 0 saturated carbocycles. The molecule has 0 saturated heterocycles. The third-order valence-corrected chi connectivity index (χ3v) is 3.64. The van der Waals surface area contributed by atoms with Crippen LogP contribution in [0.4, 0.5) is 8.78 Å². The van der Waals surface area contributed by atoms with Gasteiger partial charge in [0.25, 0.3) is 0 Å². The molecule has 2 aromatic rings. The van der Waals surface area contributed by atoms with Crippen LogP contribution in [0.1, 0.15) is 23.4 Å². The quantitative estimate of drug-likeness (QED) is 0.872. The first kappa shape index (κ1) is 12.2. The molecule has 4 heteroatoms. The molecule has 0 spiro atoms. The minimum Gasteiger partial charge on any atom is -0.305 e. The average molecular weight is 253 g/mol. The SMILES string of the molecule is C[C@H](NCc1ccc(F)cc1F)c1cccs1. The van der Waals surface area contributed by atoms with Crippen molar-refractivity contribution in [3.05, 3.63) is 57.8 Å². The molecule has 0 aliphatic carbocycles. The molecule has 0 bridgehead atoms. The zero-order valence-electron chi connectivity index (χ0n) is 9.41. The maximum absolute atomic E-state index is 13.4. The van der Waals surface area contributed by atoms with Gasteiger partial charge in [-0.2, -0.15) is 0 Å². The summed E-state index contributed by atoms with van der Waals surface area (Å²) in [6, 6.07) is 7.83. The van der Waals surface area contributed by atoms with E-state index in [-0.39, 0.29) is 6.04 Å². The van der Waals surface area contributed by atoms with E-state index in [9.17, 15) is 8.78 Å². The van der Waals surface area contributed by atoms with Gasteiger partial charge in [0, 0.05) is 29.1 Å². The fourth-order valence-electron chi connectivity index (χ4n) is 1.57. The highest BCUT2D eigenvalue weighted by atomic mass is 32.1. The summed E-state index contributed by atoms with van der Waals surface area (Å²) in [7, 11) is 0. The van der Waals surface area contributed by atoms with Gasteiger partial charge in [0.15, 0.2) is 0 Å². The molecule has 1 aromatic carbocycles. The van der Waals surface area contributed by atoms with E-state index in [4.69, 9.17) is 0 Å². The van der Waals surface area contributed by atoms with Crippen LogP contribution < -0.4 is 5.32 Å². The Labute approximate surface area is 103 Å². The molecule has 0 radical (unpaired) electrons. The third kappa shape index (κ3) is 3.11. The van der Waals surface area contributed by atoms with Gasteiger partial charge in [-0.15, -0.1) is 11.3 Å². The Kier molecular flexibility index (Phi) is 3.86. The summed E-state index contributed by atoms with van der Waals surface area (Å²) >= 11 is 1.66. The maximum atomic E-state index is 13.4. The first-order valence-electron chi connectivity index (χ1n) is 5.37. The van der Waals surface area contributed by atoms with Crippen molar-refractivity contribution in [1.29, 1.82) is 0 Å². The van der Waals surface area contributed by atoms with Crippen LogP contribution in [0.15, 0.2) is 35.7 Å². The van der Waals surface area contributed by atoms with Crippen LogP contribution in [0.2, 0.25) is 0 Å². The number of halogens is 2. The van der Waals surface area contributed by atoms with E-state index >= 15 is 0 Å². The molecule has 0 aliphatic heterocycles. The molecule has 2 rings (SSSR count). The Bertz CT molecular complexity index is 482. The summed E-state index contributed by atoms with van der Waals surface area (Å²) in [6.07, 6.45) is 0. The Hall–Kier alpha value is -1.26. The fourth-order valence-corrected chi connectivity index (χ4v) is 2.33. The molecule has 1 N–H and O–H groups in total. The Morgan fingerprint density at radius 2 is 2.12 bits per heavy atom. The van der Waals surface area contributed by atoms with Gasteiger partial charge in [0.1, 0.15) is 11.6 Å². The Morgan fingerprint density at radius 3 is 2.76 bits per heavy atom. The highest BCUT2D eigenvalue weighted by Gasteiger charge is 2.08. The van der Waals surface area contributed by atoms with Crippen molar-refractivity contribution in [2.24, 2.45) is 0 Å². The molecule has 1 aromatic heterocycles. The van der Waals surface area contributed by atoms with Gasteiger partial charge in [0.05, 0.1) is 0 Å².